The molecule has 1 aliphatic rings. The molecular formula is C25H25FN4O2. The van der Waals surface area contributed by atoms with Crippen molar-refractivity contribution in [1.29, 1.82) is 0 Å². The van der Waals surface area contributed by atoms with Gasteiger partial charge in [0.2, 0.25) is 0 Å². The molecule has 2 heterocycles. The third-order valence-corrected chi connectivity index (χ3v) is 6.26. The van der Waals surface area contributed by atoms with E-state index < -0.39 is 11.9 Å². The smallest absolute Gasteiger partial charge is 0.253 e. The van der Waals surface area contributed by atoms with Gasteiger partial charge in [-0.1, -0.05) is 43.2 Å². The molecule has 7 heteroatoms. The average molecular weight is 432 g/mol. The maximum Gasteiger partial charge on any atom is 0.253 e. The Morgan fingerprint density at radius 1 is 1.16 bits per heavy atom. The maximum atomic E-state index is 14.8. The molecule has 0 aliphatic heterocycles. The van der Waals surface area contributed by atoms with Crippen molar-refractivity contribution >= 4 is 16.8 Å². The molecule has 2 atom stereocenters. The van der Waals surface area contributed by atoms with E-state index in [0.29, 0.717) is 29.4 Å². The number of aliphatic hydroxyl groups is 1. The fourth-order valence-corrected chi connectivity index (χ4v) is 4.54. The highest BCUT2D eigenvalue weighted by Crippen LogP contribution is 2.27. The summed E-state index contributed by atoms with van der Waals surface area (Å²) in [6.45, 7) is 0.503. The number of hydrogen-bond acceptors (Lipinski definition) is 3. The summed E-state index contributed by atoms with van der Waals surface area (Å²) in [6, 6.07) is 14.5. The minimum absolute atomic E-state index is 0.295. The number of aromatic nitrogens is 3. The predicted octanol–water partition coefficient (Wildman–Crippen LogP) is 4.25. The van der Waals surface area contributed by atoms with Crippen molar-refractivity contribution < 1.29 is 14.3 Å². The molecule has 1 fully saturated rings. The largest absolute Gasteiger partial charge is 0.391 e. The number of carbonyl (C=O) groups is 1. The summed E-state index contributed by atoms with van der Waals surface area (Å²) < 4.78 is 16.7. The number of nitrogens with one attached hydrogen (secondary N) is 2. The zero-order chi connectivity index (χ0) is 22.1. The first kappa shape index (κ1) is 20.5. The molecule has 1 aliphatic carbocycles. The molecule has 1 saturated carbocycles. The van der Waals surface area contributed by atoms with Crippen LogP contribution in [0, 0.1) is 5.82 Å². The van der Waals surface area contributed by atoms with Crippen molar-refractivity contribution in [2.75, 3.05) is 0 Å². The monoisotopic (exact) mass is 432 g/mol. The molecule has 0 spiro atoms. The van der Waals surface area contributed by atoms with E-state index in [2.05, 4.69) is 15.5 Å². The van der Waals surface area contributed by atoms with Crippen molar-refractivity contribution in [2.24, 2.45) is 0 Å². The number of hydrogen-bond donors (Lipinski definition) is 3. The Morgan fingerprint density at radius 2 is 1.97 bits per heavy atom. The van der Waals surface area contributed by atoms with Crippen LogP contribution < -0.4 is 5.32 Å². The summed E-state index contributed by atoms with van der Waals surface area (Å²) in [7, 11) is 0. The van der Waals surface area contributed by atoms with Gasteiger partial charge in [-0.05, 0) is 42.2 Å². The van der Waals surface area contributed by atoms with Crippen LogP contribution in [0.2, 0.25) is 0 Å². The van der Waals surface area contributed by atoms with Crippen LogP contribution in [0.15, 0.2) is 60.9 Å². The Labute approximate surface area is 185 Å². The summed E-state index contributed by atoms with van der Waals surface area (Å²) in [5, 5.41) is 20.4. The molecule has 164 valence electrons. The Balaban J connectivity index is 1.44. The van der Waals surface area contributed by atoms with Crippen LogP contribution in [0.3, 0.4) is 0 Å². The second-order valence-electron chi connectivity index (χ2n) is 8.40. The van der Waals surface area contributed by atoms with Crippen LogP contribution in [0.25, 0.3) is 22.2 Å². The third kappa shape index (κ3) is 3.91. The molecule has 2 aromatic carbocycles. The number of carbonyl (C=O) groups excluding carboxylic acids is 1. The molecule has 0 saturated heterocycles. The second kappa shape index (κ2) is 8.59. The second-order valence-corrected chi connectivity index (χ2v) is 8.40. The summed E-state index contributed by atoms with van der Waals surface area (Å²) in [4.78, 5) is 13.1. The summed E-state index contributed by atoms with van der Waals surface area (Å²) in [6.07, 6.45) is 6.20. The number of nitrogens with zero attached hydrogens (tertiary/aromatic N) is 2. The molecule has 0 unspecified atom stereocenters. The zero-order valence-electron chi connectivity index (χ0n) is 17.6. The number of aromatic amines is 1. The van der Waals surface area contributed by atoms with Crippen molar-refractivity contribution in [3.05, 3.63) is 77.9 Å². The molecule has 4 aromatic rings. The van der Waals surface area contributed by atoms with Crippen LogP contribution >= 0.6 is 0 Å². The maximum absolute atomic E-state index is 14.8. The standard InChI is InChI=1S/C25H25FN4O2/c26-19-4-3-6-22-24(19)18(25(32)28-21-5-1-2-7-23(21)31)15-30(22)14-16-8-10-17(11-9-16)20-12-13-27-29-20/h3-4,6,8-13,15,21,23,31H,1-2,5,7,14H2,(H,27,29)(H,28,32)/t21-,23-/m0/s1. The van der Waals surface area contributed by atoms with Gasteiger partial charge in [-0.15, -0.1) is 0 Å². The van der Waals surface area contributed by atoms with Crippen LogP contribution in [0.4, 0.5) is 4.39 Å². The van der Waals surface area contributed by atoms with Gasteiger partial charge in [0.05, 0.1) is 28.9 Å². The third-order valence-electron chi connectivity index (χ3n) is 6.26. The first-order valence-electron chi connectivity index (χ1n) is 10.9. The summed E-state index contributed by atoms with van der Waals surface area (Å²) in [5.74, 6) is -0.774. The number of fused-ring (bicyclic) bond motifs is 1. The molecule has 32 heavy (non-hydrogen) atoms. The van der Waals surface area contributed by atoms with Gasteiger partial charge >= 0.3 is 0 Å². The van der Waals surface area contributed by atoms with Crippen LogP contribution in [-0.2, 0) is 6.54 Å². The van der Waals surface area contributed by atoms with E-state index in [1.54, 1.807) is 18.5 Å². The molecule has 3 N–H and O–H groups in total. The molecule has 5 rings (SSSR count). The Kier molecular flexibility index (Phi) is 5.49. The van der Waals surface area contributed by atoms with E-state index in [9.17, 15) is 14.3 Å². The summed E-state index contributed by atoms with van der Waals surface area (Å²) in [5.41, 5.74) is 3.96. The van der Waals surface area contributed by atoms with Gasteiger partial charge in [-0.2, -0.15) is 5.10 Å². The van der Waals surface area contributed by atoms with Crippen LogP contribution in [0.5, 0.6) is 0 Å². The number of rotatable bonds is 5. The fraction of sp³-hybridized carbons (Fsp3) is 0.280. The van der Waals surface area contributed by atoms with Crippen molar-refractivity contribution in [2.45, 2.75) is 44.4 Å². The van der Waals surface area contributed by atoms with E-state index >= 15 is 0 Å². The highest BCUT2D eigenvalue weighted by molar-refractivity contribution is 6.07. The van der Waals surface area contributed by atoms with Crippen molar-refractivity contribution in [3.63, 3.8) is 0 Å². The highest BCUT2D eigenvalue weighted by Gasteiger charge is 2.27. The molecule has 6 nitrogen and oxygen atoms in total. The Morgan fingerprint density at radius 3 is 2.72 bits per heavy atom. The van der Waals surface area contributed by atoms with Crippen LogP contribution in [-0.4, -0.2) is 37.9 Å². The van der Waals surface area contributed by atoms with E-state index in [1.165, 1.54) is 6.07 Å². The van der Waals surface area contributed by atoms with E-state index in [1.807, 2.05) is 41.0 Å². The van der Waals surface area contributed by atoms with Gasteiger partial charge in [0.15, 0.2) is 0 Å². The number of amides is 1. The molecular weight excluding hydrogens is 407 g/mol. The normalized spacial score (nSPS) is 18.7. The van der Waals surface area contributed by atoms with Gasteiger partial charge < -0.3 is 15.0 Å². The minimum atomic E-state index is -0.556. The lowest BCUT2D eigenvalue weighted by Gasteiger charge is -2.28. The topological polar surface area (TPSA) is 82.9 Å². The SMILES string of the molecule is O=C(N[C@H]1CCCC[C@@H]1O)c1cn(Cc2ccc(-c3ccn[nH]3)cc2)c2cccc(F)c12. The van der Waals surface area contributed by atoms with Gasteiger partial charge in [0.1, 0.15) is 5.82 Å². The lowest BCUT2D eigenvalue weighted by molar-refractivity contribution is 0.0718. The van der Waals surface area contributed by atoms with Crippen molar-refractivity contribution in [1.82, 2.24) is 20.1 Å². The van der Waals surface area contributed by atoms with Crippen LogP contribution in [0.1, 0.15) is 41.6 Å². The summed E-state index contributed by atoms with van der Waals surface area (Å²) >= 11 is 0. The lowest BCUT2D eigenvalue weighted by atomic mass is 9.92. The average Bonchev–Trinajstić information content (AvgIpc) is 3.46. The number of H-pyrrole nitrogens is 1. The predicted molar refractivity (Wildman–Crippen MR) is 121 cm³/mol. The number of aliphatic hydroxyl groups excluding tert-OH is 1. The van der Waals surface area contributed by atoms with Gasteiger partial charge in [0, 0.05) is 24.3 Å². The van der Waals surface area contributed by atoms with E-state index in [-0.39, 0.29) is 11.9 Å². The molecule has 1 amide bonds. The first-order valence-corrected chi connectivity index (χ1v) is 10.9. The van der Waals surface area contributed by atoms with E-state index in [4.69, 9.17) is 0 Å². The fourth-order valence-electron chi connectivity index (χ4n) is 4.54. The highest BCUT2D eigenvalue weighted by atomic mass is 19.1. The van der Waals surface area contributed by atoms with Gasteiger partial charge in [0.25, 0.3) is 5.91 Å². The van der Waals surface area contributed by atoms with Gasteiger partial charge in [-0.25, -0.2) is 4.39 Å². The number of benzene rings is 2. The molecule has 2 aromatic heterocycles. The Bertz CT molecular complexity index is 1230. The van der Waals surface area contributed by atoms with Gasteiger partial charge in [-0.3, -0.25) is 9.89 Å². The molecule has 0 radical (unpaired) electrons. The minimum Gasteiger partial charge on any atom is -0.391 e. The first-order chi connectivity index (χ1) is 15.6. The Hall–Kier alpha value is -3.45. The quantitative estimate of drug-likeness (QED) is 0.441. The lowest BCUT2D eigenvalue weighted by Crippen LogP contribution is -2.45. The van der Waals surface area contributed by atoms with Crippen molar-refractivity contribution in [3.8, 4) is 11.3 Å². The zero-order valence-corrected chi connectivity index (χ0v) is 17.6. The molecule has 0 bridgehead atoms. The number of halogens is 1. The van der Waals surface area contributed by atoms with E-state index in [0.717, 1.165) is 36.1 Å².